The number of nitrogens with one attached hydrogen (secondary N) is 2. The molecule has 0 radical (unpaired) electrons. The molecule has 9 heteroatoms. The minimum Gasteiger partial charge on any atom is -0.360 e. The molecule has 0 unspecified atom stereocenters. The van der Waals surface area contributed by atoms with E-state index in [0.29, 0.717) is 0 Å². The van der Waals surface area contributed by atoms with E-state index in [2.05, 4.69) is 15.2 Å². The Kier molecular flexibility index (Phi) is 4.81. The third-order valence-corrected chi connectivity index (χ3v) is 4.70. The standard InChI is InChI=1S/C14H16FN3O4S/c1-8-4-5-11(15)12(6-8)17-13(19)7-16-23(20,21)14-9(2)18-22-10(14)3/h4-6,16H,7H2,1-3H3,(H,17,19). The van der Waals surface area contributed by atoms with Gasteiger partial charge in [0.05, 0.1) is 12.2 Å². The molecule has 0 aliphatic rings. The van der Waals surface area contributed by atoms with Crippen molar-refractivity contribution in [3.05, 3.63) is 41.0 Å². The summed E-state index contributed by atoms with van der Waals surface area (Å²) in [6.45, 7) is 4.14. The lowest BCUT2D eigenvalue weighted by Crippen LogP contribution is -2.33. The highest BCUT2D eigenvalue weighted by Crippen LogP contribution is 2.18. The van der Waals surface area contributed by atoms with E-state index in [1.165, 1.54) is 26.0 Å². The SMILES string of the molecule is Cc1ccc(F)c(NC(=O)CNS(=O)(=O)c2c(C)noc2C)c1. The number of aromatic nitrogens is 1. The molecule has 2 aromatic rings. The fourth-order valence-electron chi connectivity index (χ4n) is 2.02. The molecule has 0 atom stereocenters. The van der Waals surface area contributed by atoms with E-state index < -0.39 is 28.3 Å². The molecule has 0 bridgehead atoms. The first-order valence-corrected chi connectivity index (χ1v) is 8.17. The predicted molar refractivity (Wildman–Crippen MR) is 80.9 cm³/mol. The zero-order chi connectivity index (χ0) is 17.2. The Morgan fingerprint density at radius 2 is 2.00 bits per heavy atom. The number of nitrogens with zero attached hydrogens (tertiary/aromatic N) is 1. The highest BCUT2D eigenvalue weighted by atomic mass is 32.2. The Labute approximate surface area is 132 Å². The van der Waals surface area contributed by atoms with Crippen LogP contribution < -0.4 is 10.0 Å². The van der Waals surface area contributed by atoms with Gasteiger partial charge in [0, 0.05) is 0 Å². The Hall–Kier alpha value is -2.26. The number of sulfonamides is 1. The van der Waals surface area contributed by atoms with Crippen LogP contribution in [-0.2, 0) is 14.8 Å². The van der Waals surface area contributed by atoms with Crippen molar-refractivity contribution in [2.24, 2.45) is 0 Å². The Morgan fingerprint density at radius 3 is 2.61 bits per heavy atom. The summed E-state index contributed by atoms with van der Waals surface area (Å²) in [5, 5.41) is 5.87. The molecule has 1 aromatic heterocycles. The Balaban J connectivity index is 2.06. The Morgan fingerprint density at radius 1 is 1.30 bits per heavy atom. The molecule has 1 aromatic carbocycles. The molecule has 2 N–H and O–H groups in total. The first kappa shape index (κ1) is 17.1. The van der Waals surface area contributed by atoms with Crippen LogP contribution in [0.4, 0.5) is 10.1 Å². The van der Waals surface area contributed by atoms with Crippen LogP contribution in [0.5, 0.6) is 0 Å². The summed E-state index contributed by atoms with van der Waals surface area (Å²) in [7, 11) is -3.94. The van der Waals surface area contributed by atoms with Gasteiger partial charge in [0.25, 0.3) is 0 Å². The minimum atomic E-state index is -3.94. The van der Waals surface area contributed by atoms with Crippen LogP contribution in [-0.4, -0.2) is 26.0 Å². The summed E-state index contributed by atoms with van der Waals surface area (Å²) in [6, 6.07) is 4.24. The summed E-state index contributed by atoms with van der Waals surface area (Å²) in [5.41, 5.74) is 0.949. The quantitative estimate of drug-likeness (QED) is 0.861. The van der Waals surface area contributed by atoms with Crippen LogP contribution in [0.25, 0.3) is 0 Å². The van der Waals surface area contributed by atoms with Crippen LogP contribution >= 0.6 is 0 Å². The maximum atomic E-state index is 13.6. The van der Waals surface area contributed by atoms with Gasteiger partial charge < -0.3 is 9.84 Å². The van der Waals surface area contributed by atoms with E-state index in [9.17, 15) is 17.6 Å². The summed E-state index contributed by atoms with van der Waals surface area (Å²) in [5.74, 6) is -1.16. The topological polar surface area (TPSA) is 101 Å². The molecular weight excluding hydrogens is 325 g/mol. The van der Waals surface area contributed by atoms with Crippen molar-refractivity contribution in [2.45, 2.75) is 25.7 Å². The number of carbonyl (C=O) groups excluding carboxylic acids is 1. The smallest absolute Gasteiger partial charge is 0.246 e. The van der Waals surface area contributed by atoms with Crippen molar-refractivity contribution >= 4 is 21.6 Å². The number of hydrogen-bond donors (Lipinski definition) is 2. The van der Waals surface area contributed by atoms with E-state index in [0.717, 1.165) is 5.56 Å². The van der Waals surface area contributed by atoms with Gasteiger partial charge in [-0.15, -0.1) is 0 Å². The number of amides is 1. The number of carbonyl (C=O) groups is 1. The molecule has 23 heavy (non-hydrogen) atoms. The van der Waals surface area contributed by atoms with Crippen LogP contribution in [0.3, 0.4) is 0 Å². The van der Waals surface area contributed by atoms with Gasteiger partial charge in [-0.05, 0) is 38.5 Å². The molecule has 0 aliphatic carbocycles. The maximum absolute atomic E-state index is 13.6. The van der Waals surface area contributed by atoms with Crippen molar-refractivity contribution < 1.29 is 22.1 Å². The summed E-state index contributed by atoms with van der Waals surface area (Å²) >= 11 is 0. The minimum absolute atomic E-state index is 0.00784. The van der Waals surface area contributed by atoms with E-state index in [1.54, 1.807) is 13.0 Å². The molecule has 0 saturated heterocycles. The van der Waals surface area contributed by atoms with Crippen LogP contribution in [0, 0.1) is 26.6 Å². The number of halogens is 1. The van der Waals surface area contributed by atoms with E-state index >= 15 is 0 Å². The van der Waals surface area contributed by atoms with Gasteiger partial charge in [0.1, 0.15) is 16.4 Å². The third kappa shape index (κ3) is 3.93. The number of rotatable bonds is 5. The lowest BCUT2D eigenvalue weighted by Gasteiger charge is -2.09. The van der Waals surface area contributed by atoms with Gasteiger partial charge in [-0.3, -0.25) is 4.79 Å². The fraction of sp³-hybridized carbons (Fsp3) is 0.286. The highest BCUT2D eigenvalue weighted by Gasteiger charge is 2.24. The van der Waals surface area contributed by atoms with Crippen LogP contribution in [0.15, 0.2) is 27.6 Å². The first-order chi connectivity index (χ1) is 10.7. The van der Waals surface area contributed by atoms with Gasteiger partial charge in [-0.25, -0.2) is 17.5 Å². The fourth-order valence-corrected chi connectivity index (χ4v) is 3.33. The van der Waals surface area contributed by atoms with Gasteiger partial charge in [-0.1, -0.05) is 11.2 Å². The lowest BCUT2D eigenvalue weighted by atomic mass is 10.2. The second kappa shape index (κ2) is 6.47. The van der Waals surface area contributed by atoms with Crippen LogP contribution in [0.1, 0.15) is 17.0 Å². The van der Waals surface area contributed by atoms with E-state index in [-0.39, 0.29) is 22.0 Å². The molecule has 0 fully saturated rings. The van der Waals surface area contributed by atoms with Gasteiger partial charge in [0.15, 0.2) is 5.76 Å². The summed E-state index contributed by atoms with van der Waals surface area (Å²) in [4.78, 5) is 11.7. The highest BCUT2D eigenvalue weighted by molar-refractivity contribution is 7.89. The second-order valence-electron chi connectivity index (χ2n) is 5.01. The van der Waals surface area contributed by atoms with Crippen LogP contribution in [0.2, 0.25) is 0 Å². The molecular formula is C14H16FN3O4S. The zero-order valence-corrected chi connectivity index (χ0v) is 13.6. The van der Waals surface area contributed by atoms with Crippen molar-refractivity contribution in [1.29, 1.82) is 0 Å². The largest absolute Gasteiger partial charge is 0.360 e. The molecule has 0 aliphatic heterocycles. The van der Waals surface area contributed by atoms with Gasteiger partial charge >= 0.3 is 0 Å². The normalized spacial score (nSPS) is 11.5. The number of anilines is 1. The number of aryl methyl sites for hydroxylation is 3. The van der Waals surface area contributed by atoms with Gasteiger partial charge in [0.2, 0.25) is 15.9 Å². The van der Waals surface area contributed by atoms with E-state index in [4.69, 9.17) is 4.52 Å². The van der Waals surface area contributed by atoms with Crippen molar-refractivity contribution in [3.8, 4) is 0 Å². The average molecular weight is 341 g/mol. The first-order valence-electron chi connectivity index (χ1n) is 6.69. The molecule has 124 valence electrons. The molecule has 2 rings (SSSR count). The van der Waals surface area contributed by atoms with Gasteiger partial charge in [-0.2, -0.15) is 0 Å². The number of benzene rings is 1. The summed E-state index contributed by atoms with van der Waals surface area (Å²) in [6.07, 6.45) is 0. The van der Waals surface area contributed by atoms with Crippen molar-refractivity contribution in [1.82, 2.24) is 9.88 Å². The molecule has 7 nitrogen and oxygen atoms in total. The predicted octanol–water partition coefficient (Wildman–Crippen LogP) is 1.66. The van der Waals surface area contributed by atoms with Crippen molar-refractivity contribution in [3.63, 3.8) is 0 Å². The molecule has 0 saturated carbocycles. The monoisotopic (exact) mass is 341 g/mol. The molecule has 0 spiro atoms. The summed E-state index contributed by atoms with van der Waals surface area (Å²) < 4.78 is 44.8. The lowest BCUT2D eigenvalue weighted by molar-refractivity contribution is -0.115. The molecule has 1 amide bonds. The van der Waals surface area contributed by atoms with Crippen molar-refractivity contribution in [2.75, 3.05) is 11.9 Å². The number of hydrogen-bond acceptors (Lipinski definition) is 5. The van der Waals surface area contributed by atoms with E-state index in [1.807, 2.05) is 0 Å². The zero-order valence-electron chi connectivity index (χ0n) is 12.8. The maximum Gasteiger partial charge on any atom is 0.246 e. The molecule has 1 heterocycles. The average Bonchev–Trinajstić information content (AvgIpc) is 2.81. The third-order valence-electron chi connectivity index (χ3n) is 3.06. The Bertz CT molecular complexity index is 826. The second-order valence-corrected chi connectivity index (χ2v) is 6.71.